The number of likely N-dealkylation sites (tertiary alicyclic amines) is 1. The summed E-state index contributed by atoms with van der Waals surface area (Å²) in [6.07, 6.45) is 2.60. The van der Waals surface area contributed by atoms with Crippen LogP contribution in [0.1, 0.15) is 32.1 Å². The highest BCUT2D eigenvalue weighted by molar-refractivity contribution is 5.82. The van der Waals surface area contributed by atoms with Crippen molar-refractivity contribution in [1.29, 1.82) is 0 Å². The molecule has 0 radical (unpaired) electrons. The van der Waals surface area contributed by atoms with Gasteiger partial charge < -0.3 is 19.5 Å². The topological polar surface area (TPSA) is 76.1 Å². The van der Waals surface area contributed by atoms with E-state index in [1.165, 1.54) is 24.3 Å². The van der Waals surface area contributed by atoms with Crippen LogP contribution in [0.5, 0.6) is 5.75 Å². The zero-order chi connectivity index (χ0) is 17.9. The van der Waals surface area contributed by atoms with E-state index in [1.807, 2.05) is 0 Å². The number of hydrogen-bond donors (Lipinski definition) is 1. The van der Waals surface area contributed by atoms with Crippen molar-refractivity contribution in [3.8, 4) is 5.75 Å². The Kier molecular flexibility index (Phi) is 5.22. The molecule has 0 aromatic heterocycles. The minimum Gasteiger partial charge on any atom is -0.478 e. The highest BCUT2D eigenvalue weighted by atomic mass is 19.1. The average molecular weight is 351 g/mol. The number of piperidine rings is 1. The maximum absolute atomic E-state index is 13.0. The highest BCUT2D eigenvalue weighted by Crippen LogP contribution is 2.30. The molecule has 2 aliphatic rings. The van der Waals surface area contributed by atoms with Crippen molar-refractivity contribution in [3.05, 3.63) is 30.1 Å². The number of carboxylic acid groups (broad SMARTS) is 1. The molecule has 1 atom stereocenters. The number of amides is 1. The van der Waals surface area contributed by atoms with Gasteiger partial charge in [-0.1, -0.05) is 0 Å². The summed E-state index contributed by atoms with van der Waals surface area (Å²) in [5, 5.41) is 9.65. The third-order valence-electron chi connectivity index (χ3n) is 4.85. The molecule has 3 rings (SSSR count). The Hall–Kier alpha value is -2.15. The van der Waals surface area contributed by atoms with Crippen molar-refractivity contribution in [3.63, 3.8) is 0 Å². The van der Waals surface area contributed by atoms with Gasteiger partial charge in [0.1, 0.15) is 17.7 Å². The van der Waals surface area contributed by atoms with Gasteiger partial charge >= 0.3 is 5.97 Å². The van der Waals surface area contributed by atoms with E-state index in [2.05, 4.69) is 0 Å². The summed E-state index contributed by atoms with van der Waals surface area (Å²) in [6, 6.07) is 5.27. The number of ether oxygens (including phenoxy) is 2. The van der Waals surface area contributed by atoms with E-state index in [0.29, 0.717) is 31.9 Å². The van der Waals surface area contributed by atoms with Gasteiger partial charge in [-0.25, -0.2) is 9.18 Å². The fourth-order valence-electron chi connectivity index (χ4n) is 3.32. The number of nitrogens with zero attached hydrogens (tertiary/aromatic N) is 1. The zero-order valence-electron chi connectivity index (χ0n) is 13.9. The van der Waals surface area contributed by atoms with Crippen LogP contribution in [0.4, 0.5) is 4.39 Å². The van der Waals surface area contributed by atoms with Gasteiger partial charge in [0.05, 0.1) is 0 Å². The number of hydrogen-bond acceptors (Lipinski definition) is 4. The molecule has 1 aromatic carbocycles. The van der Waals surface area contributed by atoms with Crippen LogP contribution in [0.25, 0.3) is 0 Å². The number of carboxylic acids is 1. The van der Waals surface area contributed by atoms with Crippen molar-refractivity contribution in [2.45, 2.75) is 43.8 Å². The largest absolute Gasteiger partial charge is 0.478 e. The second-order valence-corrected chi connectivity index (χ2v) is 6.54. The fourth-order valence-corrected chi connectivity index (χ4v) is 3.32. The standard InChI is InChI=1S/C18H22FNO5/c19-13-4-6-14(7-5-13)25-18(17(22)23)8-10-20(11-9-18)16(21)15-3-1-2-12-24-15/h4-7,15H,1-3,8-12H2,(H,22,23)/t15-/m1/s1. The van der Waals surface area contributed by atoms with Gasteiger partial charge in [0.25, 0.3) is 5.91 Å². The van der Waals surface area contributed by atoms with Gasteiger partial charge in [-0.2, -0.15) is 0 Å². The van der Waals surface area contributed by atoms with Crippen LogP contribution in [0.15, 0.2) is 24.3 Å². The van der Waals surface area contributed by atoms with Gasteiger partial charge in [0.2, 0.25) is 5.60 Å². The quantitative estimate of drug-likeness (QED) is 0.900. The van der Waals surface area contributed by atoms with Crippen molar-refractivity contribution < 1.29 is 28.6 Å². The summed E-state index contributed by atoms with van der Waals surface area (Å²) in [5.74, 6) is -1.25. The Bertz CT molecular complexity index is 619. The first-order valence-corrected chi connectivity index (χ1v) is 8.58. The summed E-state index contributed by atoms with van der Waals surface area (Å²) in [6.45, 7) is 1.19. The van der Waals surface area contributed by atoms with Gasteiger partial charge in [-0.05, 0) is 43.5 Å². The van der Waals surface area contributed by atoms with Crippen LogP contribution in [0.3, 0.4) is 0 Å². The van der Waals surface area contributed by atoms with Crippen LogP contribution in [-0.2, 0) is 14.3 Å². The van der Waals surface area contributed by atoms with Crippen LogP contribution in [-0.4, -0.2) is 53.3 Å². The number of halogens is 1. The van der Waals surface area contributed by atoms with Gasteiger partial charge in [0, 0.05) is 32.5 Å². The smallest absolute Gasteiger partial charge is 0.348 e. The van der Waals surface area contributed by atoms with Gasteiger partial charge in [-0.3, -0.25) is 4.79 Å². The number of rotatable bonds is 4. The minimum absolute atomic E-state index is 0.0690. The second kappa shape index (κ2) is 7.39. The second-order valence-electron chi connectivity index (χ2n) is 6.54. The van der Waals surface area contributed by atoms with E-state index < -0.39 is 23.5 Å². The molecule has 2 aliphatic heterocycles. The Morgan fingerprint density at radius 3 is 2.44 bits per heavy atom. The summed E-state index contributed by atoms with van der Waals surface area (Å²) in [7, 11) is 0. The van der Waals surface area contributed by atoms with Crippen molar-refractivity contribution >= 4 is 11.9 Å². The molecule has 0 bridgehead atoms. The molecule has 6 nitrogen and oxygen atoms in total. The van der Waals surface area contributed by atoms with Crippen LogP contribution in [0, 0.1) is 5.82 Å². The van der Waals surface area contributed by atoms with E-state index >= 15 is 0 Å². The monoisotopic (exact) mass is 351 g/mol. The molecule has 0 unspecified atom stereocenters. The van der Waals surface area contributed by atoms with Crippen LogP contribution in [0.2, 0.25) is 0 Å². The summed E-state index contributed by atoms with van der Waals surface area (Å²) in [4.78, 5) is 26.0. The minimum atomic E-state index is -1.40. The summed E-state index contributed by atoms with van der Waals surface area (Å²) < 4.78 is 24.2. The lowest BCUT2D eigenvalue weighted by atomic mass is 9.90. The van der Waals surface area contributed by atoms with E-state index in [9.17, 15) is 19.1 Å². The number of carbonyl (C=O) groups excluding carboxylic acids is 1. The Balaban J connectivity index is 1.64. The van der Waals surface area contributed by atoms with Crippen molar-refractivity contribution in [2.75, 3.05) is 19.7 Å². The third-order valence-corrected chi connectivity index (χ3v) is 4.85. The molecule has 2 fully saturated rings. The molecule has 1 amide bonds. The first-order valence-electron chi connectivity index (χ1n) is 8.58. The molecule has 136 valence electrons. The molecule has 0 spiro atoms. The maximum Gasteiger partial charge on any atom is 0.348 e. The van der Waals surface area contributed by atoms with E-state index in [4.69, 9.17) is 9.47 Å². The average Bonchev–Trinajstić information content (AvgIpc) is 2.64. The SMILES string of the molecule is O=C([C@H]1CCCCO1)N1CCC(Oc2ccc(F)cc2)(C(=O)O)CC1. The Labute approximate surface area is 145 Å². The lowest BCUT2D eigenvalue weighted by molar-refractivity contribution is -0.164. The molecule has 2 heterocycles. The van der Waals surface area contributed by atoms with E-state index in [0.717, 1.165) is 12.8 Å². The molecule has 1 N–H and O–H groups in total. The van der Waals surface area contributed by atoms with Crippen LogP contribution < -0.4 is 4.74 Å². The lowest BCUT2D eigenvalue weighted by Gasteiger charge is -2.40. The molecule has 0 aliphatic carbocycles. The molecule has 25 heavy (non-hydrogen) atoms. The van der Waals surface area contributed by atoms with E-state index in [1.54, 1.807) is 4.90 Å². The number of benzene rings is 1. The zero-order valence-corrected chi connectivity index (χ0v) is 13.9. The normalized spacial score (nSPS) is 23.1. The first kappa shape index (κ1) is 17.7. The molecular formula is C18H22FNO5. The highest BCUT2D eigenvalue weighted by Gasteiger charge is 2.45. The Morgan fingerprint density at radius 2 is 1.88 bits per heavy atom. The number of carbonyl (C=O) groups is 2. The van der Waals surface area contributed by atoms with E-state index in [-0.39, 0.29) is 18.7 Å². The maximum atomic E-state index is 13.0. The number of aliphatic carboxylic acids is 1. The van der Waals surface area contributed by atoms with Gasteiger partial charge in [-0.15, -0.1) is 0 Å². The molecule has 2 saturated heterocycles. The summed E-state index contributed by atoms with van der Waals surface area (Å²) >= 11 is 0. The van der Waals surface area contributed by atoms with Crippen LogP contribution >= 0.6 is 0 Å². The third kappa shape index (κ3) is 3.92. The summed E-state index contributed by atoms with van der Waals surface area (Å²) in [5.41, 5.74) is -1.40. The molecular weight excluding hydrogens is 329 g/mol. The first-order chi connectivity index (χ1) is 12.0. The van der Waals surface area contributed by atoms with Crippen molar-refractivity contribution in [1.82, 2.24) is 4.90 Å². The predicted octanol–water partition coefficient (Wildman–Crippen LogP) is 2.22. The molecule has 0 saturated carbocycles. The van der Waals surface area contributed by atoms with Gasteiger partial charge in [0.15, 0.2) is 0 Å². The Morgan fingerprint density at radius 1 is 1.20 bits per heavy atom. The predicted molar refractivity (Wildman–Crippen MR) is 86.8 cm³/mol. The molecule has 7 heteroatoms. The lowest BCUT2D eigenvalue weighted by Crippen LogP contribution is -2.56. The van der Waals surface area contributed by atoms with Crippen molar-refractivity contribution in [2.24, 2.45) is 0 Å². The fraction of sp³-hybridized carbons (Fsp3) is 0.556. The molecule has 1 aromatic rings.